The molecule has 1 aliphatic heterocycles. The van der Waals surface area contributed by atoms with Crippen molar-refractivity contribution in [1.82, 2.24) is 14.9 Å². The summed E-state index contributed by atoms with van der Waals surface area (Å²) in [5.74, 6) is 1.04. The first-order valence-corrected chi connectivity index (χ1v) is 7.57. The van der Waals surface area contributed by atoms with Gasteiger partial charge >= 0.3 is 0 Å². The number of rotatable bonds is 4. The fourth-order valence-corrected chi connectivity index (χ4v) is 2.63. The lowest BCUT2D eigenvalue weighted by Gasteiger charge is -2.16. The zero-order valence-electron chi connectivity index (χ0n) is 12.9. The van der Waals surface area contributed by atoms with Gasteiger partial charge in [-0.1, -0.05) is 0 Å². The van der Waals surface area contributed by atoms with Crippen molar-refractivity contribution < 1.29 is 13.9 Å². The summed E-state index contributed by atoms with van der Waals surface area (Å²) in [4.78, 5) is 22.7. The van der Waals surface area contributed by atoms with Crippen molar-refractivity contribution in [2.45, 2.75) is 19.3 Å². The number of likely N-dealkylation sites (tertiary alicyclic amines) is 1. The maximum atomic E-state index is 12.8. The molecule has 1 saturated heterocycles. The summed E-state index contributed by atoms with van der Waals surface area (Å²) in [5, 5.41) is 0. The number of halogens is 1. The number of aromatic nitrogens is 2. The summed E-state index contributed by atoms with van der Waals surface area (Å²) in [6, 6.07) is 7.49. The number of benzene rings is 1. The van der Waals surface area contributed by atoms with Gasteiger partial charge in [0.2, 0.25) is 0 Å². The first kappa shape index (κ1) is 15.4. The van der Waals surface area contributed by atoms with Crippen molar-refractivity contribution in [2.75, 3.05) is 19.7 Å². The average molecular weight is 315 g/mol. The van der Waals surface area contributed by atoms with Crippen molar-refractivity contribution in [1.29, 1.82) is 0 Å². The van der Waals surface area contributed by atoms with E-state index in [9.17, 15) is 9.18 Å². The molecule has 0 N–H and O–H groups in total. The van der Waals surface area contributed by atoms with Gasteiger partial charge in [0.1, 0.15) is 17.4 Å². The Morgan fingerprint density at radius 3 is 2.87 bits per heavy atom. The molecule has 3 rings (SSSR count). The predicted octanol–water partition coefficient (Wildman–Crippen LogP) is 2.32. The Kier molecular flexibility index (Phi) is 4.50. The third kappa shape index (κ3) is 3.83. The number of ether oxygens (including phenoxy) is 1. The third-order valence-corrected chi connectivity index (χ3v) is 3.90. The fraction of sp³-hybridized carbons (Fsp3) is 0.353. The molecular weight excluding hydrogens is 297 g/mol. The average Bonchev–Trinajstić information content (AvgIpc) is 3.04. The number of amides is 1. The van der Waals surface area contributed by atoms with Gasteiger partial charge in [0.25, 0.3) is 5.91 Å². The number of nitrogens with zero attached hydrogens (tertiary/aromatic N) is 3. The summed E-state index contributed by atoms with van der Waals surface area (Å²) in [7, 11) is 0. The molecule has 1 amide bonds. The first-order chi connectivity index (χ1) is 11.1. The van der Waals surface area contributed by atoms with Gasteiger partial charge in [-0.2, -0.15) is 0 Å². The zero-order valence-corrected chi connectivity index (χ0v) is 12.9. The van der Waals surface area contributed by atoms with Crippen LogP contribution in [0.3, 0.4) is 0 Å². The van der Waals surface area contributed by atoms with Crippen molar-refractivity contribution in [3.63, 3.8) is 0 Å². The molecule has 1 aromatic carbocycles. The Labute approximate surface area is 134 Å². The van der Waals surface area contributed by atoms with E-state index in [1.807, 2.05) is 13.0 Å². The Balaban J connectivity index is 1.54. The van der Waals surface area contributed by atoms with Crippen LogP contribution in [-0.2, 0) is 4.79 Å². The standard InChI is InChI=1S/C17H18FN3O2/c1-12-6-8-19-17(20-12)13-7-9-21(10-13)16(22)11-23-15-4-2-14(18)3-5-15/h2-6,8,13H,7,9-11H2,1H3/t13-/m1/s1. The lowest BCUT2D eigenvalue weighted by Crippen LogP contribution is -2.33. The second-order valence-corrected chi connectivity index (χ2v) is 5.62. The molecule has 0 radical (unpaired) electrons. The lowest BCUT2D eigenvalue weighted by molar-refractivity contribution is -0.132. The molecule has 0 bridgehead atoms. The van der Waals surface area contributed by atoms with Crippen LogP contribution in [0.4, 0.5) is 4.39 Å². The van der Waals surface area contributed by atoms with E-state index in [0.717, 1.165) is 17.9 Å². The summed E-state index contributed by atoms with van der Waals surface area (Å²) in [6.07, 6.45) is 2.60. The Morgan fingerprint density at radius 1 is 1.35 bits per heavy atom. The summed E-state index contributed by atoms with van der Waals surface area (Å²) < 4.78 is 18.2. The maximum absolute atomic E-state index is 12.8. The number of hydrogen-bond acceptors (Lipinski definition) is 4. The van der Waals surface area contributed by atoms with Gasteiger partial charge in [0, 0.05) is 30.9 Å². The number of carbonyl (C=O) groups excluding carboxylic acids is 1. The van der Waals surface area contributed by atoms with Crippen molar-refractivity contribution in [2.24, 2.45) is 0 Å². The molecule has 2 heterocycles. The van der Waals surface area contributed by atoms with Crippen molar-refractivity contribution in [3.8, 4) is 5.75 Å². The molecule has 2 aromatic rings. The number of hydrogen-bond donors (Lipinski definition) is 0. The SMILES string of the molecule is Cc1ccnc([C@@H]2CCN(C(=O)COc3ccc(F)cc3)C2)n1. The molecule has 0 unspecified atom stereocenters. The summed E-state index contributed by atoms with van der Waals surface area (Å²) in [5.41, 5.74) is 0.930. The van der Waals surface area contributed by atoms with E-state index in [1.54, 1.807) is 11.1 Å². The van der Waals surface area contributed by atoms with Crippen LogP contribution in [0, 0.1) is 12.7 Å². The molecule has 120 valence electrons. The minimum Gasteiger partial charge on any atom is -0.484 e. The second kappa shape index (κ2) is 6.73. The van der Waals surface area contributed by atoms with E-state index in [0.29, 0.717) is 18.8 Å². The highest BCUT2D eigenvalue weighted by Crippen LogP contribution is 2.24. The molecule has 6 heteroatoms. The van der Waals surface area contributed by atoms with Crippen LogP contribution in [-0.4, -0.2) is 40.5 Å². The fourth-order valence-electron chi connectivity index (χ4n) is 2.63. The van der Waals surface area contributed by atoms with Crippen LogP contribution in [0.15, 0.2) is 36.5 Å². The Morgan fingerprint density at radius 2 is 2.13 bits per heavy atom. The molecule has 1 atom stereocenters. The van der Waals surface area contributed by atoms with Crippen LogP contribution >= 0.6 is 0 Å². The van der Waals surface area contributed by atoms with Crippen molar-refractivity contribution >= 4 is 5.91 Å². The molecular formula is C17H18FN3O2. The highest BCUT2D eigenvalue weighted by molar-refractivity contribution is 5.78. The summed E-state index contributed by atoms with van der Waals surface area (Å²) >= 11 is 0. The van der Waals surface area contributed by atoms with Gasteiger partial charge in [0.05, 0.1) is 0 Å². The first-order valence-electron chi connectivity index (χ1n) is 7.57. The van der Waals surface area contributed by atoms with E-state index >= 15 is 0 Å². The zero-order chi connectivity index (χ0) is 16.2. The van der Waals surface area contributed by atoms with Crippen LogP contribution in [0.2, 0.25) is 0 Å². The molecule has 1 aliphatic rings. The molecule has 0 aliphatic carbocycles. The van der Waals surface area contributed by atoms with Crippen molar-refractivity contribution in [3.05, 3.63) is 53.9 Å². The van der Waals surface area contributed by atoms with E-state index in [1.165, 1.54) is 24.3 Å². The van der Waals surface area contributed by atoms with Gasteiger partial charge in [-0.25, -0.2) is 14.4 Å². The molecule has 5 nitrogen and oxygen atoms in total. The van der Waals surface area contributed by atoms with E-state index in [2.05, 4.69) is 9.97 Å². The molecule has 0 spiro atoms. The number of carbonyl (C=O) groups is 1. The third-order valence-electron chi connectivity index (χ3n) is 3.90. The van der Waals surface area contributed by atoms with Gasteiger partial charge in [-0.15, -0.1) is 0 Å². The maximum Gasteiger partial charge on any atom is 0.260 e. The normalized spacial score (nSPS) is 17.3. The lowest BCUT2D eigenvalue weighted by atomic mass is 10.1. The van der Waals surface area contributed by atoms with Gasteiger partial charge < -0.3 is 9.64 Å². The largest absolute Gasteiger partial charge is 0.484 e. The molecule has 0 saturated carbocycles. The Hall–Kier alpha value is -2.50. The number of aryl methyl sites for hydroxylation is 1. The highest BCUT2D eigenvalue weighted by Gasteiger charge is 2.29. The quantitative estimate of drug-likeness (QED) is 0.869. The minimum absolute atomic E-state index is 0.0486. The smallest absolute Gasteiger partial charge is 0.260 e. The summed E-state index contributed by atoms with van der Waals surface area (Å²) in [6.45, 7) is 3.16. The van der Waals surface area contributed by atoms with Crippen LogP contribution in [0.5, 0.6) is 5.75 Å². The van der Waals surface area contributed by atoms with E-state index in [-0.39, 0.29) is 24.2 Å². The molecule has 1 aromatic heterocycles. The monoisotopic (exact) mass is 315 g/mol. The second-order valence-electron chi connectivity index (χ2n) is 5.62. The Bertz CT molecular complexity index is 690. The van der Waals surface area contributed by atoms with Crippen LogP contribution < -0.4 is 4.74 Å². The van der Waals surface area contributed by atoms with Gasteiger partial charge in [-0.05, 0) is 43.7 Å². The van der Waals surface area contributed by atoms with E-state index in [4.69, 9.17) is 4.74 Å². The topological polar surface area (TPSA) is 55.3 Å². The van der Waals surface area contributed by atoms with Crippen LogP contribution in [0.1, 0.15) is 23.9 Å². The minimum atomic E-state index is -0.329. The van der Waals surface area contributed by atoms with E-state index < -0.39 is 0 Å². The molecule has 1 fully saturated rings. The highest BCUT2D eigenvalue weighted by atomic mass is 19.1. The predicted molar refractivity (Wildman–Crippen MR) is 82.6 cm³/mol. The van der Waals surface area contributed by atoms with Gasteiger partial charge in [-0.3, -0.25) is 4.79 Å². The molecule has 23 heavy (non-hydrogen) atoms. The van der Waals surface area contributed by atoms with Crippen LogP contribution in [0.25, 0.3) is 0 Å². The van der Waals surface area contributed by atoms with Gasteiger partial charge in [0.15, 0.2) is 6.61 Å².